The molecule has 2 aliphatic carbocycles. The van der Waals surface area contributed by atoms with Crippen molar-refractivity contribution in [1.82, 2.24) is 9.91 Å². The fraction of sp³-hybridized carbons (Fsp3) is 0.265. The molecule has 3 fully saturated rings. The SMILES string of the molecule is COc1cc(O)ccc1[C@H]1C2=CC[C@@H]3C(=O)N(C(N)=O)C(=O)[C@@H]3[C@@H]2C[C@H]2C(=O)N(Nc3ccc(F)cc3)C(=O)[C@@]12c1ccc(Cl)cc1. The Morgan fingerprint density at radius 1 is 1.00 bits per heavy atom. The van der Waals surface area contributed by atoms with Crippen LogP contribution < -0.4 is 15.9 Å². The van der Waals surface area contributed by atoms with E-state index < -0.39 is 70.5 Å². The molecule has 2 aliphatic heterocycles. The number of rotatable bonds is 5. The Morgan fingerprint density at radius 2 is 1.70 bits per heavy atom. The van der Waals surface area contributed by atoms with E-state index >= 15 is 4.79 Å². The van der Waals surface area contributed by atoms with Gasteiger partial charge in [0.15, 0.2) is 0 Å². The van der Waals surface area contributed by atoms with Gasteiger partial charge in [-0.3, -0.25) is 24.6 Å². The van der Waals surface area contributed by atoms with Crippen molar-refractivity contribution in [2.24, 2.45) is 29.4 Å². The first-order chi connectivity index (χ1) is 22.5. The second-order valence-electron chi connectivity index (χ2n) is 12.1. The Kier molecular flexibility index (Phi) is 7.08. The van der Waals surface area contributed by atoms with Crippen molar-refractivity contribution < 1.29 is 38.2 Å². The summed E-state index contributed by atoms with van der Waals surface area (Å²) in [6.07, 6.45) is 1.87. The molecular formula is C34H28ClFN4O7. The number of nitrogens with one attached hydrogen (secondary N) is 1. The Morgan fingerprint density at radius 3 is 2.36 bits per heavy atom. The van der Waals surface area contributed by atoms with Crippen LogP contribution in [0.15, 0.2) is 78.4 Å². The van der Waals surface area contributed by atoms with Gasteiger partial charge in [0.25, 0.3) is 11.8 Å². The van der Waals surface area contributed by atoms with Crippen LogP contribution in [0.1, 0.15) is 29.9 Å². The predicted octanol–water partition coefficient (Wildman–Crippen LogP) is 4.26. The van der Waals surface area contributed by atoms with Gasteiger partial charge in [-0.2, -0.15) is 9.91 Å². The first-order valence-electron chi connectivity index (χ1n) is 14.9. The second kappa shape index (κ2) is 10.9. The number of hydrogen-bond acceptors (Lipinski definition) is 8. The minimum atomic E-state index is -1.64. The number of hydrogen-bond donors (Lipinski definition) is 3. The van der Waals surface area contributed by atoms with E-state index in [-0.39, 0.29) is 30.0 Å². The van der Waals surface area contributed by atoms with Crippen molar-refractivity contribution in [2.75, 3.05) is 12.5 Å². The summed E-state index contributed by atoms with van der Waals surface area (Å²) < 4.78 is 19.5. The number of hydrazine groups is 1. The van der Waals surface area contributed by atoms with Crippen LogP contribution in [0.5, 0.6) is 11.5 Å². The summed E-state index contributed by atoms with van der Waals surface area (Å²) in [6.45, 7) is 0. The van der Waals surface area contributed by atoms with Gasteiger partial charge in [0.1, 0.15) is 17.3 Å². The number of phenolic OH excluding ortho intramolecular Hbond substituents is 1. The fourth-order valence-corrected chi connectivity index (χ4v) is 8.28. The van der Waals surface area contributed by atoms with Crippen molar-refractivity contribution in [3.05, 3.63) is 100 Å². The molecule has 3 aromatic rings. The number of allylic oxidation sites excluding steroid dienone is 2. The van der Waals surface area contributed by atoms with Gasteiger partial charge in [-0.25, -0.2) is 9.18 Å². The molecule has 47 heavy (non-hydrogen) atoms. The number of amides is 6. The normalized spacial score (nSPS) is 28.1. The summed E-state index contributed by atoms with van der Waals surface area (Å²) in [6, 6.07) is 15.0. The molecule has 0 aromatic heterocycles. The zero-order valence-electron chi connectivity index (χ0n) is 24.9. The van der Waals surface area contributed by atoms with Gasteiger partial charge in [0.2, 0.25) is 11.8 Å². The molecular weight excluding hydrogens is 631 g/mol. The third kappa shape index (κ3) is 4.34. The summed E-state index contributed by atoms with van der Waals surface area (Å²) in [5.74, 6) is -7.75. The van der Waals surface area contributed by atoms with Crippen molar-refractivity contribution in [3.63, 3.8) is 0 Å². The molecule has 0 bridgehead atoms. The third-order valence-electron chi connectivity index (χ3n) is 10.0. The monoisotopic (exact) mass is 658 g/mol. The molecule has 3 aromatic carbocycles. The fourth-order valence-electron chi connectivity index (χ4n) is 8.16. The van der Waals surface area contributed by atoms with E-state index in [1.54, 1.807) is 36.4 Å². The van der Waals surface area contributed by atoms with E-state index in [4.69, 9.17) is 22.1 Å². The number of ether oxygens (including phenoxy) is 1. The van der Waals surface area contributed by atoms with Gasteiger partial charge in [0, 0.05) is 22.6 Å². The van der Waals surface area contributed by atoms with Crippen molar-refractivity contribution in [3.8, 4) is 11.5 Å². The Hall–Kier alpha value is -5.23. The maximum Gasteiger partial charge on any atom is 0.328 e. The Labute approximate surface area is 272 Å². The molecule has 6 atom stereocenters. The highest BCUT2D eigenvalue weighted by molar-refractivity contribution is 6.30. The number of methoxy groups -OCH3 is 1. The standard InChI is InChI=1S/C34H28ClFN4O7/c1-47-26-14-20(41)10-11-22(26)28-21-12-13-23-27(31(44)39(29(23)42)33(37)46)24(21)15-25-30(43)40(38-19-8-6-18(36)7-9-19)32(45)34(25,28)16-2-4-17(35)5-3-16/h2-12,14,23-25,27-28,38,41H,13,15H2,1H3,(H2,37,46)/t23-,24+,25-,27-,28+,34+/m0/s1. The van der Waals surface area contributed by atoms with Gasteiger partial charge in [-0.1, -0.05) is 41.4 Å². The van der Waals surface area contributed by atoms with Crippen LogP contribution in [0.25, 0.3) is 0 Å². The number of imide groups is 4. The molecule has 2 saturated heterocycles. The van der Waals surface area contributed by atoms with Gasteiger partial charge in [0.05, 0.1) is 36.0 Å². The van der Waals surface area contributed by atoms with Crippen LogP contribution in [0.4, 0.5) is 14.9 Å². The molecule has 0 spiro atoms. The highest BCUT2D eigenvalue weighted by Gasteiger charge is 2.70. The molecule has 7 rings (SSSR count). The minimum absolute atomic E-state index is 0.0235. The average Bonchev–Trinajstić information content (AvgIpc) is 3.43. The predicted molar refractivity (Wildman–Crippen MR) is 165 cm³/mol. The molecule has 4 N–H and O–H groups in total. The molecule has 0 unspecified atom stereocenters. The number of urea groups is 1. The van der Waals surface area contributed by atoms with Crippen LogP contribution in [0.2, 0.25) is 5.02 Å². The molecule has 4 aliphatic rings. The number of fused-ring (bicyclic) bond motifs is 4. The first-order valence-corrected chi connectivity index (χ1v) is 15.3. The van der Waals surface area contributed by atoms with Crippen LogP contribution >= 0.6 is 11.6 Å². The number of carbonyl (C=O) groups is 5. The van der Waals surface area contributed by atoms with Gasteiger partial charge < -0.3 is 15.6 Å². The maximum atomic E-state index is 15.1. The molecule has 13 heteroatoms. The number of aromatic hydroxyl groups is 1. The smallest absolute Gasteiger partial charge is 0.328 e. The summed E-state index contributed by atoms with van der Waals surface area (Å²) in [5.41, 5.74) is 8.48. The van der Waals surface area contributed by atoms with E-state index in [1.807, 2.05) is 0 Å². The first kappa shape index (κ1) is 30.4. The van der Waals surface area contributed by atoms with Gasteiger partial charge in [-0.05, 0) is 66.8 Å². The third-order valence-corrected chi connectivity index (χ3v) is 10.3. The highest BCUT2D eigenvalue weighted by Crippen LogP contribution is 2.65. The topological polar surface area (TPSA) is 159 Å². The number of halogens is 2. The molecule has 240 valence electrons. The number of primary amides is 1. The number of likely N-dealkylation sites (tertiary alicyclic amines) is 1. The molecule has 0 radical (unpaired) electrons. The quantitative estimate of drug-likeness (QED) is 0.271. The van der Waals surface area contributed by atoms with Crippen molar-refractivity contribution in [1.29, 1.82) is 0 Å². The largest absolute Gasteiger partial charge is 0.508 e. The molecule has 6 amide bonds. The maximum absolute atomic E-state index is 15.1. The number of nitrogens with zero attached hydrogens (tertiary/aromatic N) is 2. The number of nitrogens with two attached hydrogens (primary N) is 1. The second-order valence-corrected chi connectivity index (χ2v) is 12.6. The van der Waals surface area contributed by atoms with E-state index in [2.05, 4.69) is 5.43 Å². The molecule has 2 heterocycles. The van der Waals surface area contributed by atoms with Crippen molar-refractivity contribution in [2.45, 2.75) is 24.2 Å². The Balaban J connectivity index is 1.49. The summed E-state index contributed by atoms with van der Waals surface area (Å²) >= 11 is 6.29. The van der Waals surface area contributed by atoms with Gasteiger partial charge >= 0.3 is 6.03 Å². The lowest BCUT2D eigenvalue weighted by Crippen LogP contribution is -2.53. The number of phenols is 1. The van der Waals surface area contributed by atoms with E-state index in [1.165, 1.54) is 43.5 Å². The highest BCUT2D eigenvalue weighted by atomic mass is 35.5. The van der Waals surface area contributed by atoms with Crippen LogP contribution in [0, 0.1) is 29.5 Å². The minimum Gasteiger partial charge on any atom is -0.508 e. The lowest BCUT2D eigenvalue weighted by molar-refractivity contribution is -0.139. The van der Waals surface area contributed by atoms with Crippen molar-refractivity contribution >= 4 is 46.9 Å². The molecule has 11 nitrogen and oxygen atoms in total. The van der Waals surface area contributed by atoms with Gasteiger partial charge in [-0.15, -0.1) is 0 Å². The van der Waals surface area contributed by atoms with Crippen LogP contribution in [-0.2, 0) is 24.6 Å². The summed E-state index contributed by atoms with van der Waals surface area (Å²) in [7, 11) is 1.41. The molecule has 1 saturated carbocycles. The lowest BCUT2D eigenvalue weighted by atomic mass is 9.49. The number of carbonyl (C=O) groups excluding carboxylic acids is 5. The summed E-state index contributed by atoms with van der Waals surface area (Å²) in [4.78, 5) is 69.3. The zero-order chi connectivity index (χ0) is 33.4. The van der Waals surface area contributed by atoms with E-state index in [0.717, 1.165) is 5.01 Å². The number of anilines is 1. The van der Waals surface area contributed by atoms with Crippen LogP contribution in [0.3, 0.4) is 0 Å². The summed E-state index contributed by atoms with van der Waals surface area (Å²) in [5, 5.41) is 11.7. The van der Waals surface area contributed by atoms with E-state index in [9.17, 15) is 28.7 Å². The van der Waals surface area contributed by atoms with Crippen LogP contribution in [-0.4, -0.2) is 51.8 Å². The Bertz CT molecular complexity index is 1900. The average molecular weight is 659 g/mol. The van der Waals surface area contributed by atoms with E-state index in [0.29, 0.717) is 26.6 Å². The lowest BCUT2D eigenvalue weighted by Gasteiger charge is -2.50. The number of benzene rings is 3. The zero-order valence-corrected chi connectivity index (χ0v) is 25.6.